The second-order valence-corrected chi connectivity index (χ2v) is 8.95. The number of aromatic amines is 1. The van der Waals surface area contributed by atoms with Crippen molar-refractivity contribution < 1.29 is 18.8 Å². The number of aromatic nitrogens is 3. The summed E-state index contributed by atoms with van der Waals surface area (Å²) in [5.41, 5.74) is 3.20. The van der Waals surface area contributed by atoms with E-state index in [4.69, 9.17) is 4.42 Å². The van der Waals surface area contributed by atoms with E-state index in [9.17, 15) is 14.4 Å². The molecule has 1 atom stereocenters. The molecule has 0 aliphatic carbocycles. The Balaban J connectivity index is 1.35. The van der Waals surface area contributed by atoms with Crippen molar-refractivity contribution in [2.75, 3.05) is 19.6 Å². The van der Waals surface area contributed by atoms with Crippen LogP contribution in [0, 0.1) is 0 Å². The first-order valence-electron chi connectivity index (χ1n) is 11.7. The molecule has 1 N–H and O–H groups in total. The van der Waals surface area contributed by atoms with Crippen molar-refractivity contribution in [3.8, 4) is 11.5 Å². The van der Waals surface area contributed by atoms with Crippen LogP contribution < -0.4 is 0 Å². The summed E-state index contributed by atoms with van der Waals surface area (Å²) in [4.78, 5) is 54.7. The van der Waals surface area contributed by atoms with Gasteiger partial charge in [0.15, 0.2) is 5.76 Å². The minimum Gasteiger partial charge on any atom is -0.454 e. The molecule has 176 valence electrons. The summed E-state index contributed by atoms with van der Waals surface area (Å²) in [6.07, 6.45) is 3.19. The third-order valence-electron chi connectivity index (χ3n) is 6.98. The van der Waals surface area contributed by atoms with E-state index in [1.54, 1.807) is 46.5 Å². The molecule has 2 aliphatic rings. The molecular weight excluding hydrogens is 458 g/mol. The van der Waals surface area contributed by atoms with E-state index in [-0.39, 0.29) is 19.0 Å². The Morgan fingerprint density at radius 2 is 1.86 bits per heavy atom. The molecule has 2 aliphatic heterocycles. The number of amides is 2. The molecule has 0 bridgehead atoms. The van der Waals surface area contributed by atoms with Gasteiger partial charge < -0.3 is 19.2 Å². The largest absolute Gasteiger partial charge is 0.454 e. The fourth-order valence-corrected chi connectivity index (χ4v) is 5.27. The first-order chi connectivity index (χ1) is 17.6. The van der Waals surface area contributed by atoms with Gasteiger partial charge in [-0.25, -0.2) is 0 Å². The van der Waals surface area contributed by atoms with Gasteiger partial charge in [0.1, 0.15) is 17.0 Å². The summed E-state index contributed by atoms with van der Waals surface area (Å²) in [7, 11) is 0. The summed E-state index contributed by atoms with van der Waals surface area (Å²) in [5, 5.41) is 1.55. The molecule has 9 heteroatoms. The lowest BCUT2D eigenvalue weighted by Gasteiger charge is -2.42. The normalized spacial score (nSPS) is 17.5. The highest BCUT2D eigenvalue weighted by Gasteiger charge is 2.45. The SMILES string of the molecule is O=C1C(=O)N2CCN(C(=O)c3ccccn3)C[C@@H]2c2[nH]c3c(-c4cc5ccccc5o4)nccc3c21. The second-order valence-electron chi connectivity index (χ2n) is 8.95. The number of furan rings is 1. The predicted molar refractivity (Wildman–Crippen MR) is 130 cm³/mol. The van der Waals surface area contributed by atoms with E-state index in [0.717, 1.165) is 11.0 Å². The first kappa shape index (κ1) is 20.6. The Labute approximate surface area is 204 Å². The summed E-state index contributed by atoms with van der Waals surface area (Å²) in [6, 6.07) is 16.0. The number of pyridine rings is 2. The Hall–Kier alpha value is -4.79. The van der Waals surface area contributed by atoms with Gasteiger partial charge in [0.05, 0.1) is 22.8 Å². The molecule has 6 heterocycles. The van der Waals surface area contributed by atoms with Crippen molar-refractivity contribution in [1.82, 2.24) is 24.8 Å². The zero-order valence-electron chi connectivity index (χ0n) is 19.0. The highest BCUT2D eigenvalue weighted by molar-refractivity contribution is 6.46. The van der Waals surface area contributed by atoms with E-state index in [2.05, 4.69) is 15.0 Å². The van der Waals surface area contributed by atoms with Crippen LogP contribution in [0.4, 0.5) is 0 Å². The molecule has 7 rings (SSSR count). The van der Waals surface area contributed by atoms with Crippen molar-refractivity contribution in [3.05, 3.63) is 83.9 Å². The van der Waals surface area contributed by atoms with Crippen molar-refractivity contribution in [1.29, 1.82) is 0 Å². The van der Waals surface area contributed by atoms with Gasteiger partial charge in [-0.05, 0) is 30.3 Å². The number of benzene rings is 1. The first-order valence-corrected chi connectivity index (χ1v) is 11.7. The van der Waals surface area contributed by atoms with Gasteiger partial charge in [-0.15, -0.1) is 0 Å². The number of ketones is 1. The van der Waals surface area contributed by atoms with E-state index in [0.29, 0.717) is 45.9 Å². The summed E-state index contributed by atoms with van der Waals surface area (Å²) < 4.78 is 6.04. The van der Waals surface area contributed by atoms with Crippen LogP contribution in [0.5, 0.6) is 0 Å². The van der Waals surface area contributed by atoms with Gasteiger partial charge in [0.25, 0.3) is 17.6 Å². The van der Waals surface area contributed by atoms with Crippen LogP contribution in [-0.4, -0.2) is 62.0 Å². The molecule has 4 aromatic heterocycles. The summed E-state index contributed by atoms with van der Waals surface area (Å²) in [5.74, 6) is -0.757. The Kier molecular flexibility index (Phi) is 4.35. The summed E-state index contributed by atoms with van der Waals surface area (Å²) in [6.45, 7) is 0.839. The molecule has 36 heavy (non-hydrogen) atoms. The minimum atomic E-state index is -0.557. The Bertz CT molecular complexity index is 1670. The van der Waals surface area contributed by atoms with Crippen LogP contribution in [-0.2, 0) is 4.79 Å². The van der Waals surface area contributed by atoms with Gasteiger partial charge in [0, 0.05) is 42.8 Å². The number of hydrogen-bond donors (Lipinski definition) is 1. The Morgan fingerprint density at radius 1 is 1.00 bits per heavy atom. The molecule has 9 nitrogen and oxygen atoms in total. The molecule has 0 unspecified atom stereocenters. The van der Waals surface area contributed by atoms with E-state index in [1.807, 2.05) is 30.3 Å². The third-order valence-corrected chi connectivity index (χ3v) is 6.98. The zero-order valence-corrected chi connectivity index (χ0v) is 19.0. The Morgan fingerprint density at radius 3 is 2.69 bits per heavy atom. The van der Waals surface area contributed by atoms with E-state index >= 15 is 0 Å². The lowest BCUT2D eigenvalue weighted by atomic mass is 9.93. The fraction of sp³-hybridized carbons (Fsp3) is 0.148. The number of piperazine rings is 1. The lowest BCUT2D eigenvalue weighted by molar-refractivity contribution is -0.131. The minimum absolute atomic E-state index is 0.207. The van der Waals surface area contributed by atoms with E-state index in [1.165, 1.54) is 0 Å². The molecule has 0 saturated carbocycles. The molecule has 1 fully saturated rings. The molecule has 1 saturated heterocycles. The molecule has 0 spiro atoms. The number of nitrogens with zero attached hydrogens (tertiary/aromatic N) is 4. The highest BCUT2D eigenvalue weighted by Crippen LogP contribution is 2.40. The van der Waals surface area contributed by atoms with Gasteiger partial charge in [0.2, 0.25) is 0 Å². The highest BCUT2D eigenvalue weighted by atomic mass is 16.3. The number of rotatable bonds is 2. The summed E-state index contributed by atoms with van der Waals surface area (Å²) >= 11 is 0. The topological polar surface area (TPSA) is 112 Å². The van der Waals surface area contributed by atoms with Crippen LogP contribution in [0.25, 0.3) is 33.3 Å². The van der Waals surface area contributed by atoms with Crippen molar-refractivity contribution in [2.45, 2.75) is 6.04 Å². The number of hydrogen-bond acceptors (Lipinski definition) is 6. The monoisotopic (exact) mass is 477 g/mol. The van der Waals surface area contributed by atoms with Gasteiger partial charge in [-0.3, -0.25) is 24.4 Å². The number of Topliss-reactive ketones (excluding diaryl/α,β-unsaturated/α-hetero) is 1. The zero-order chi connectivity index (χ0) is 24.4. The number of nitrogens with one attached hydrogen (secondary N) is 1. The fourth-order valence-electron chi connectivity index (χ4n) is 5.27. The second kappa shape index (κ2) is 7.61. The van der Waals surface area contributed by atoms with Crippen molar-refractivity contribution in [2.24, 2.45) is 0 Å². The number of fused-ring (bicyclic) bond motifs is 6. The van der Waals surface area contributed by atoms with Crippen LogP contribution in [0.3, 0.4) is 0 Å². The molecule has 5 aromatic rings. The standard InChI is InChI=1S/C27H19N5O4/c33-25-21-16-8-10-29-24(20-13-15-5-1-2-7-19(15)36-20)22(16)30-23(21)18-14-31(11-12-32(18)27(25)35)26(34)17-6-3-4-9-28-17/h1-10,13,18,30H,11-12,14H2/t18-/m1/s1. The number of carbonyl (C=O) groups is 3. The van der Waals surface area contributed by atoms with Crippen molar-refractivity contribution >= 4 is 39.5 Å². The number of para-hydroxylation sites is 1. The van der Waals surface area contributed by atoms with Crippen LogP contribution in [0.1, 0.15) is 32.6 Å². The molecule has 2 amide bonds. The maximum atomic E-state index is 13.2. The number of carbonyl (C=O) groups excluding carboxylic acids is 3. The number of H-pyrrole nitrogens is 1. The van der Waals surface area contributed by atoms with Crippen LogP contribution in [0.2, 0.25) is 0 Å². The molecular formula is C27H19N5O4. The molecule has 0 radical (unpaired) electrons. The maximum Gasteiger partial charge on any atom is 0.295 e. The maximum absolute atomic E-state index is 13.2. The third kappa shape index (κ3) is 2.92. The lowest BCUT2D eigenvalue weighted by Crippen LogP contribution is -2.56. The molecule has 1 aromatic carbocycles. The van der Waals surface area contributed by atoms with Gasteiger partial charge in [-0.1, -0.05) is 24.3 Å². The van der Waals surface area contributed by atoms with E-state index < -0.39 is 17.7 Å². The van der Waals surface area contributed by atoms with Crippen LogP contribution >= 0.6 is 0 Å². The van der Waals surface area contributed by atoms with Crippen molar-refractivity contribution in [3.63, 3.8) is 0 Å². The van der Waals surface area contributed by atoms with Crippen LogP contribution in [0.15, 0.2) is 71.4 Å². The smallest absolute Gasteiger partial charge is 0.295 e. The van der Waals surface area contributed by atoms with Gasteiger partial charge in [-0.2, -0.15) is 0 Å². The average molecular weight is 477 g/mol. The predicted octanol–water partition coefficient (Wildman–Crippen LogP) is 3.59. The van der Waals surface area contributed by atoms with Gasteiger partial charge >= 0.3 is 0 Å². The quantitative estimate of drug-likeness (QED) is 0.389. The average Bonchev–Trinajstić information content (AvgIpc) is 3.53.